The predicted octanol–water partition coefficient (Wildman–Crippen LogP) is 5.32. The van der Waals surface area contributed by atoms with Gasteiger partial charge in [0.1, 0.15) is 0 Å². The molecule has 2 N–H and O–H groups in total. The first kappa shape index (κ1) is 18.1. The van der Waals surface area contributed by atoms with E-state index < -0.39 is 6.04 Å². The normalized spacial score (nSPS) is 13.4. The molecule has 2 rings (SSSR count). The second-order valence-corrected chi connectivity index (χ2v) is 6.50. The second kappa shape index (κ2) is 8.02. The molecule has 122 valence electrons. The van der Waals surface area contributed by atoms with Crippen molar-refractivity contribution in [3.8, 4) is 0 Å². The number of carbonyl (C=O) groups is 1. The van der Waals surface area contributed by atoms with Crippen molar-refractivity contribution < 1.29 is 4.79 Å². The minimum atomic E-state index is -0.434. The highest BCUT2D eigenvalue weighted by Crippen LogP contribution is 2.26. The molecule has 0 unspecified atom stereocenters. The molecule has 0 aromatic heterocycles. The molecule has 23 heavy (non-hydrogen) atoms. The van der Waals surface area contributed by atoms with Crippen LogP contribution in [0.15, 0.2) is 42.5 Å². The molecular formula is C17H17Cl3N2O. The third kappa shape index (κ3) is 4.85. The molecule has 0 radical (unpaired) electrons. The van der Waals surface area contributed by atoms with E-state index in [-0.39, 0.29) is 11.9 Å². The van der Waals surface area contributed by atoms with Gasteiger partial charge < -0.3 is 5.32 Å². The molecule has 3 nitrogen and oxygen atoms in total. The number of amides is 1. The molecule has 0 spiro atoms. The lowest BCUT2D eigenvalue weighted by Gasteiger charge is -2.21. The highest BCUT2D eigenvalue weighted by Gasteiger charge is 2.18. The maximum Gasteiger partial charge on any atom is 0.241 e. The van der Waals surface area contributed by atoms with Crippen LogP contribution in [0, 0.1) is 0 Å². The molecule has 6 heteroatoms. The van der Waals surface area contributed by atoms with Crippen LogP contribution in [0.5, 0.6) is 0 Å². The van der Waals surface area contributed by atoms with E-state index in [1.807, 2.05) is 31.2 Å². The SMILES string of the molecule is C[C@H](N[C@@H](C)c1ccccc1Cl)C(=O)Nc1cc(Cl)ccc1Cl. The molecule has 2 aromatic carbocycles. The van der Waals surface area contributed by atoms with E-state index >= 15 is 0 Å². The molecule has 1 amide bonds. The Hall–Kier alpha value is -1.26. The standard InChI is InChI=1S/C17H17Cl3N2O/c1-10(13-5-3-4-6-14(13)19)21-11(2)17(23)22-16-9-12(18)7-8-15(16)20/h3-11,21H,1-2H3,(H,22,23)/t10-,11-/m0/s1. The lowest BCUT2D eigenvalue weighted by molar-refractivity contribution is -0.117. The van der Waals surface area contributed by atoms with Crippen LogP contribution in [0.2, 0.25) is 15.1 Å². The van der Waals surface area contributed by atoms with Crippen LogP contribution in [0.4, 0.5) is 5.69 Å². The third-order valence-corrected chi connectivity index (χ3v) is 4.36. The first-order chi connectivity index (χ1) is 10.9. The van der Waals surface area contributed by atoms with Crippen molar-refractivity contribution in [2.45, 2.75) is 25.9 Å². The van der Waals surface area contributed by atoms with Crippen LogP contribution in [0.1, 0.15) is 25.5 Å². The predicted molar refractivity (Wildman–Crippen MR) is 97.6 cm³/mol. The molecule has 0 fully saturated rings. The van der Waals surface area contributed by atoms with Crippen molar-refractivity contribution in [2.24, 2.45) is 0 Å². The highest BCUT2D eigenvalue weighted by molar-refractivity contribution is 6.35. The Morgan fingerprint density at radius 1 is 1.00 bits per heavy atom. The molecule has 0 bridgehead atoms. The van der Waals surface area contributed by atoms with Crippen molar-refractivity contribution in [1.29, 1.82) is 0 Å². The zero-order chi connectivity index (χ0) is 17.0. The molecular weight excluding hydrogens is 355 g/mol. The summed E-state index contributed by atoms with van der Waals surface area (Å²) in [6.45, 7) is 3.73. The Kier molecular flexibility index (Phi) is 6.31. The van der Waals surface area contributed by atoms with E-state index in [1.165, 1.54) is 0 Å². The maximum absolute atomic E-state index is 12.3. The fourth-order valence-electron chi connectivity index (χ4n) is 2.20. The van der Waals surface area contributed by atoms with Crippen molar-refractivity contribution >= 4 is 46.4 Å². The van der Waals surface area contributed by atoms with Gasteiger partial charge in [0, 0.05) is 16.1 Å². The Bertz CT molecular complexity index is 706. The quantitative estimate of drug-likeness (QED) is 0.746. The molecule has 2 atom stereocenters. The summed E-state index contributed by atoms with van der Waals surface area (Å²) < 4.78 is 0. The van der Waals surface area contributed by atoms with Gasteiger partial charge in [-0.1, -0.05) is 53.0 Å². The summed E-state index contributed by atoms with van der Waals surface area (Å²) in [5.74, 6) is -0.201. The Balaban J connectivity index is 2.02. The van der Waals surface area contributed by atoms with Gasteiger partial charge in [-0.25, -0.2) is 0 Å². The summed E-state index contributed by atoms with van der Waals surface area (Å²) >= 11 is 18.2. The van der Waals surface area contributed by atoms with E-state index in [2.05, 4.69) is 10.6 Å². The van der Waals surface area contributed by atoms with Gasteiger partial charge in [-0.15, -0.1) is 0 Å². The van der Waals surface area contributed by atoms with Crippen molar-refractivity contribution in [1.82, 2.24) is 5.32 Å². The number of carbonyl (C=O) groups excluding carboxylic acids is 1. The summed E-state index contributed by atoms with van der Waals surface area (Å²) in [6, 6.07) is 12.0. The molecule has 0 heterocycles. The zero-order valence-corrected chi connectivity index (χ0v) is 15.0. The number of anilines is 1. The van der Waals surface area contributed by atoms with Gasteiger partial charge in [-0.05, 0) is 43.7 Å². The monoisotopic (exact) mass is 370 g/mol. The van der Waals surface area contributed by atoms with Crippen LogP contribution in [-0.2, 0) is 4.79 Å². The number of halogens is 3. The first-order valence-electron chi connectivity index (χ1n) is 7.15. The third-order valence-electron chi connectivity index (χ3n) is 3.45. The Labute approximate surface area is 150 Å². The summed E-state index contributed by atoms with van der Waals surface area (Å²) in [5, 5.41) is 7.60. The smallest absolute Gasteiger partial charge is 0.241 e. The molecule has 0 saturated heterocycles. The number of hydrogen-bond acceptors (Lipinski definition) is 2. The molecule has 0 saturated carbocycles. The lowest BCUT2D eigenvalue weighted by atomic mass is 10.1. The molecule has 2 aromatic rings. The minimum Gasteiger partial charge on any atom is -0.323 e. The summed E-state index contributed by atoms with van der Waals surface area (Å²) in [6.07, 6.45) is 0. The largest absolute Gasteiger partial charge is 0.323 e. The molecule has 0 aliphatic carbocycles. The maximum atomic E-state index is 12.3. The fourth-order valence-corrected chi connectivity index (χ4v) is 2.84. The van der Waals surface area contributed by atoms with E-state index in [4.69, 9.17) is 34.8 Å². The Morgan fingerprint density at radius 2 is 1.70 bits per heavy atom. The fraction of sp³-hybridized carbons (Fsp3) is 0.235. The number of rotatable bonds is 5. The topological polar surface area (TPSA) is 41.1 Å². The van der Waals surface area contributed by atoms with Gasteiger partial charge in [0.15, 0.2) is 0 Å². The average molecular weight is 372 g/mol. The van der Waals surface area contributed by atoms with Crippen LogP contribution < -0.4 is 10.6 Å². The zero-order valence-electron chi connectivity index (χ0n) is 12.7. The second-order valence-electron chi connectivity index (χ2n) is 5.24. The van der Waals surface area contributed by atoms with Crippen LogP contribution in [0.25, 0.3) is 0 Å². The summed E-state index contributed by atoms with van der Waals surface area (Å²) in [4.78, 5) is 12.3. The van der Waals surface area contributed by atoms with Gasteiger partial charge >= 0.3 is 0 Å². The van der Waals surface area contributed by atoms with Gasteiger partial charge in [0.05, 0.1) is 16.8 Å². The summed E-state index contributed by atoms with van der Waals surface area (Å²) in [7, 11) is 0. The van der Waals surface area contributed by atoms with Crippen molar-refractivity contribution in [3.05, 3.63) is 63.1 Å². The van der Waals surface area contributed by atoms with E-state index in [0.29, 0.717) is 20.8 Å². The highest BCUT2D eigenvalue weighted by atomic mass is 35.5. The first-order valence-corrected chi connectivity index (χ1v) is 8.28. The Morgan fingerprint density at radius 3 is 2.39 bits per heavy atom. The van der Waals surface area contributed by atoms with Crippen LogP contribution in [-0.4, -0.2) is 11.9 Å². The van der Waals surface area contributed by atoms with E-state index in [9.17, 15) is 4.79 Å². The van der Waals surface area contributed by atoms with Crippen LogP contribution >= 0.6 is 34.8 Å². The van der Waals surface area contributed by atoms with E-state index in [1.54, 1.807) is 25.1 Å². The number of nitrogens with one attached hydrogen (secondary N) is 2. The van der Waals surface area contributed by atoms with Gasteiger partial charge in [-0.2, -0.15) is 0 Å². The molecule has 0 aliphatic rings. The number of benzene rings is 2. The van der Waals surface area contributed by atoms with E-state index in [0.717, 1.165) is 5.56 Å². The minimum absolute atomic E-state index is 0.0701. The molecule has 0 aliphatic heterocycles. The van der Waals surface area contributed by atoms with Gasteiger partial charge in [0.25, 0.3) is 0 Å². The average Bonchev–Trinajstić information content (AvgIpc) is 2.51. The van der Waals surface area contributed by atoms with Crippen molar-refractivity contribution in [3.63, 3.8) is 0 Å². The number of hydrogen-bond donors (Lipinski definition) is 2. The van der Waals surface area contributed by atoms with Crippen molar-refractivity contribution in [2.75, 3.05) is 5.32 Å². The summed E-state index contributed by atoms with van der Waals surface area (Å²) in [5.41, 5.74) is 1.43. The van der Waals surface area contributed by atoms with Crippen LogP contribution in [0.3, 0.4) is 0 Å². The lowest BCUT2D eigenvalue weighted by Crippen LogP contribution is -2.39. The van der Waals surface area contributed by atoms with Gasteiger partial charge in [0.2, 0.25) is 5.91 Å². The van der Waals surface area contributed by atoms with Gasteiger partial charge in [-0.3, -0.25) is 10.1 Å².